The van der Waals surface area contributed by atoms with Crippen LogP contribution in [0.1, 0.15) is 45.4 Å². The number of rotatable bonds is 5. The maximum absolute atomic E-state index is 11.9. The normalized spacial score (nSPS) is 29.1. The van der Waals surface area contributed by atoms with Gasteiger partial charge in [0, 0.05) is 25.7 Å². The van der Waals surface area contributed by atoms with Crippen LogP contribution in [0.25, 0.3) is 0 Å². The van der Waals surface area contributed by atoms with Crippen LogP contribution < -0.4 is 10.6 Å². The van der Waals surface area contributed by atoms with Gasteiger partial charge in [0.15, 0.2) is 0 Å². The van der Waals surface area contributed by atoms with Crippen molar-refractivity contribution in [2.75, 3.05) is 32.7 Å². The minimum Gasteiger partial charge on any atom is -0.356 e. The van der Waals surface area contributed by atoms with E-state index in [2.05, 4.69) is 22.5 Å². The molecule has 0 radical (unpaired) electrons. The highest BCUT2D eigenvalue weighted by atomic mass is 16.1. The van der Waals surface area contributed by atoms with Crippen LogP contribution in [-0.2, 0) is 4.79 Å². The summed E-state index contributed by atoms with van der Waals surface area (Å²) in [5.74, 6) is 0.446. The summed E-state index contributed by atoms with van der Waals surface area (Å²) in [6.45, 7) is 7.45. The van der Waals surface area contributed by atoms with Crippen LogP contribution >= 0.6 is 0 Å². The van der Waals surface area contributed by atoms with E-state index in [0.29, 0.717) is 0 Å². The number of hydrogen-bond acceptors (Lipinski definition) is 3. The van der Waals surface area contributed by atoms with E-state index in [4.69, 9.17) is 0 Å². The van der Waals surface area contributed by atoms with E-state index in [-0.39, 0.29) is 11.8 Å². The van der Waals surface area contributed by atoms with Crippen molar-refractivity contribution in [3.8, 4) is 0 Å². The lowest BCUT2D eigenvalue weighted by atomic mass is 9.99. The zero-order valence-corrected chi connectivity index (χ0v) is 12.3. The van der Waals surface area contributed by atoms with Crippen molar-refractivity contribution in [2.24, 2.45) is 5.92 Å². The molecule has 2 aliphatic heterocycles. The smallest absolute Gasteiger partial charge is 0.224 e. The predicted octanol–water partition coefficient (Wildman–Crippen LogP) is 1.37. The minimum absolute atomic E-state index is 0.197. The van der Waals surface area contributed by atoms with Gasteiger partial charge in [-0.25, -0.2) is 0 Å². The Kier molecular flexibility index (Phi) is 6.11. The lowest BCUT2D eigenvalue weighted by Crippen LogP contribution is -2.42. The van der Waals surface area contributed by atoms with Gasteiger partial charge in [-0.2, -0.15) is 0 Å². The first-order valence-electron chi connectivity index (χ1n) is 8.00. The van der Waals surface area contributed by atoms with Gasteiger partial charge in [-0.15, -0.1) is 0 Å². The van der Waals surface area contributed by atoms with Crippen LogP contribution in [0.2, 0.25) is 0 Å². The highest BCUT2D eigenvalue weighted by molar-refractivity contribution is 5.78. The van der Waals surface area contributed by atoms with Crippen molar-refractivity contribution in [1.29, 1.82) is 0 Å². The van der Waals surface area contributed by atoms with E-state index in [0.717, 1.165) is 51.5 Å². The highest BCUT2D eigenvalue weighted by Gasteiger charge is 2.21. The van der Waals surface area contributed by atoms with Gasteiger partial charge in [0.25, 0.3) is 0 Å². The van der Waals surface area contributed by atoms with Crippen molar-refractivity contribution in [1.82, 2.24) is 15.5 Å². The van der Waals surface area contributed by atoms with Crippen molar-refractivity contribution < 1.29 is 4.79 Å². The summed E-state index contributed by atoms with van der Waals surface area (Å²) in [6, 6.07) is 0.729. The summed E-state index contributed by atoms with van der Waals surface area (Å²) < 4.78 is 0. The third-order valence-corrected chi connectivity index (χ3v) is 4.53. The fourth-order valence-electron chi connectivity index (χ4n) is 3.20. The fourth-order valence-corrected chi connectivity index (χ4v) is 3.20. The fraction of sp³-hybridized carbons (Fsp3) is 0.933. The molecule has 4 heteroatoms. The molecule has 0 aromatic heterocycles. The summed E-state index contributed by atoms with van der Waals surface area (Å²) in [6.07, 6.45) is 7.30. The Hall–Kier alpha value is -0.610. The first-order valence-corrected chi connectivity index (χ1v) is 8.00. The van der Waals surface area contributed by atoms with Crippen molar-refractivity contribution >= 4 is 5.91 Å². The standard InChI is InChI=1S/C15H29N3O/c1-13-6-2-3-10-18(13)11-5-9-17-15(19)14-7-4-8-16-12-14/h13-14,16H,2-12H2,1H3,(H,17,19)/t13-,14-/m0/s1. The van der Waals surface area contributed by atoms with Crippen LogP contribution in [0.15, 0.2) is 0 Å². The molecule has 1 amide bonds. The molecule has 4 nitrogen and oxygen atoms in total. The molecule has 0 aliphatic carbocycles. The molecule has 2 atom stereocenters. The molecule has 2 heterocycles. The first-order chi connectivity index (χ1) is 9.27. The summed E-state index contributed by atoms with van der Waals surface area (Å²) >= 11 is 0. The zero-order chi connectivity index (χ0) is 13.5. The molecule has 0 bridgehead atoms. The number of amides is 1. The summed E-state index contributed by atoms with van der Waals surface area (Å²) in [7, 11) is 0. The third-order valence-electron chi connectivity index (χ3n) is 4.53. The summed E-state index contributed by atoms with van der Waals surface area (Å²) in [4.78, 5) is 14.5. The van der Waals surface area contributed by atoms with Crippen LogP contribution in [0.5, 0.6) is 0 Å². The predicted molar refractivity (Wildman–Crippen MR) is 78.1 cm³/mol. The van der Waals surface area contributed by atoms with Gasteiger partial charge < -0.3 is 15.5 Å². The topological polar surface area (TPSA) is 44.4 Å². The maximum Gasteiger partial charge on any atom is 0.224 e. The van der Waals surface area contributed by atoms with E-state index in [1.54, 1.807) is 0 Å². The van der Waals surface area contributed by atoms with Gasteiger partial charge >= 0.3 is 0 Å². The SMILES string of the molecule is C[C@H]1CCCCN1CCCNC(=O)[C@H]1CCCNC1. The molecular weight excluding hydrogens is 238 g/mol. The number of likely N-dealkylation sites (tertiary alicyclic amines) is 1. The molecule has 0 aromatic carbocycles. The third kappa shape index (κ3) is 4.77. The minimum atomic E-state index is 0.197. The number of piperidine rings is 2. The van der Waals surface area contributed by atoms with Crippen LogP contribution in [0, 0.1) is 5.92 Å². The Morgan fingerprint density at radius 3 is 2.95 bits per heavy atom. The molecule has 0 saturated carbocycles. The molecule has 0 aromatic rings. The largest absolute Gasteiger partial charge is 0.356 e. The number of nitrogens with one attached hydrogen (secondary N) is 2. The van der Waals surface area contributed by atoms with E-state index >= 15 is 0 Å². The maximum atomic E-state index is 11.9. The molecular formula is C15H29N3O. The van der Waals surface area contributed by atoms with Gasteiger partial charge in [0.1, 0.15) is 0 Å². The molecule has 19 heavy (non-hydrogen) atoms. The van der Waals surface area contributed by atoms with Crippen LogP contribution in [0.4, 0.5) is 0 Å². The van der Waals surface area contributed by atoms with Gasteiger partial charge in [-0.05, 0) is 52.1 Å². The second-order valence-corrected chi connectivity index (χ2v) is 6.07. The van der Waals surface area contributed by atoms with E-state index in [1.807, 2.05) is 0 Å². The van der Waals surface area contributed by atoms with Gasteiger partial charge in [0.05, 0.1) is 5.92 Å². The van der Waals surface area contributed by atoms with Gasteiger partial charge in [0.2, 0.25) is 5.91 Å². The average molecular weight is 267 g/mol. The number of carbonyl (C=O) groups excluding carboxylic acids is 1. The average Bonchev–Trinajstić information content (AvgIpc) is 2.46. The van der Waals surface area contributed by atoms with Crippen molar-refractivity contribution in [2.45, 2.75) is 51.5 Å². The highest BCUT2D eigenvalue weighted by Crippen LogP contribution is 2.16. The molecule has 0 spiro atoms. The number of carbonyl (C=O) groups is 1. The second-order valence-electron chi connectivity index (χ2n) is 6.07. The summed E-state index contributed by atoms with van der Waals surface area (Å²) in [5.41, 5.74) is 0. The van der Waals surface area contributed by atoms with E-state index in [9.17, 15) is 4.79 Å². The second kappa shape index (κ2) is 7.85. The van der Waals surface area contributed by atoms with E-state index in [1.165, 1.54) is 25.8 Å². The summed E-state index contributed by atoms with van der Waals surface area (Å²) in [5, 5.41) is 6.40. The lowest BCUT2D eigenvalue weighted by Gasteiger charge is -2.33. The van der Waals surface area contributed by atoms with Crippen molar-refractivity contribution in [3.05, 3.63) is 0 Å². The van der Waals surface area contributed by atoms with Gasteiger partial charge in [-0.1, -0.05) is 6.42 Å². The van der Waals surface area contributed by atoms with Crippen molar-refractivity contribution in [3.63, 3.8) is 0 Å². The molecule has 2 fully saturated rings. The Bertz CT molecular complexity index is 277. The quantitative estimate of drug-likeness (QED) is 0.739. The Morgan fingerprint density at radius 2 is 2.21 bits per heavy atom. The number of hydrogen-bond donors (Lipinski definition) is 2. The molecule has 2 N–H and O–H groups in total. The van der Waals surface area contributed by atoms with Crippen LogP contribution in [-0.4, -0.2) is 49.6 Å². The molecule has 2 rings (SSSR count). The monoisotopic (exact) mass is 267 g/mol. The lowest BCUT2D eigenvalue weighted by molar-refractivity contribution is -0.125. The first kappa shape index (κ1) is 14.8. The molecule has 110 valence electrons. The number of nitrogens with zero attached hydrogens (tertiary/aromatic N) is 1. The van der Waals surface area contributed by atoms with Crippen LogP contribution in [0.3, 0.4) is 0 Å². The molecule has 2 aliphatic rings. The Morgan fingerprint density at radius 1 is 1.32 bits per heavy atom. The van der Waals surface area contributed by atoms with Gasteiger partial charge in [-0.3, -0.25) is 4.79 Å². The Balaban J connectivity index is 1.56. The zero-order valence-electron chi connectivity index (χ0n) is 12.3. The Labute approximate surface area is 117 Å². The van der Waals surface area contributed by atoms with E-state index < -0.39 is 0 Å². The molecule has 2 saturated heterocycles. The molecule has 0 unspecified atom stereocenters.